The molecule has 0 saturated heterocycles. The SMILES string of the molecule is CCC1CN(Cc2ccccc2Cl)c2c(N)cccc2O1. The minimum absolute atomic E-state index is 0.182. The Labute approximate surface area is 130 Å². The Hall–Kier alpha value is -1.87. The molecular weight excluding hydrogens is 284 g/mol. The zero-order valence-corrected chi connectivity index (χ0v) is 12.8. The van der Waals surface area contributed by atoms with E-state index in [-0.39, 0.29) is 6.10 Å². The van der Waals surface area contributed by atoms with Crippen LogP contribution in [0.3, 0.4) is 0 Å². The first-order valence-electron chi connectivity index (χ1n) is 7.22. The van der Waals surface area contributed by atoms with Gasteiger partial charge in [-0.05, 0) is 30.2 Å². The molecule has 2 aromatic carbocycles. The van der Waals surface area contributed by atoms with Crippen LogP contribution in [-0.2, 0) is 6.54 Å². The minimum Gasteiger partial charge on any atom is -0.486 e. The van der Waals surface area contributed by atoms with Gasteiger partial charge in [0.2, 0.25) is 0 Å². The van der Waals surface area contributed by atoms with E-state index in [1.165, 1.54) is 0 Å². The zero-order valence-electron chi connectivity index (χ0n) is 12.1. The Morgan fingerprint density at radius 1 is 1.24 bits per heavy atom. The molecule has 1 heterocycles. The number of anilines is 2. The molecule has 110 valence electrons. The van der Waals surface area contributed by atoms with Crippen LogP contribution < -0.4 is 15.4 Å². The largest absolute Gasteiger partial charge is 0.486 e. The molecule has 2 N–H and O–H groups in total. The Balaban J connectivity index is 1.96. The molecule has 2 aromatic rings. The van der Waals surface area contributed by atoms with Gasteiger partial charge in [-0.25, -0.2) is 0 Å². The quantitative estimate of drug-likeness (QED) is 0.868. The average molecular weight is 303 g/mol. The third kappa shape index (κ3) is 2.79. The van der Waals surface area contributed by atoms with Crippen molar-refractivity contribution in [2.24, 2.45) is 0 Å². The first-order chi connectivity index (χ1) is 10.2. The highest BCUT2D eigenvalue weighted by atomic mass is 35.5. The molecule has 0 aromatic heterocycles. The molecule has 1 unspecified atom stereocenters. The third-order valence-electron chi connectivity index (χ3n) is 3.84. The lowest BCUT2D eigenvalue weighted by Gasteiger charge is -2.37. The number of rotatable bonds is 3. The summed E-state index contributed by atoms with van der Waals surface area (Å²) in [6.45, 7) is 3.69. The summed E-state index contributed by atoms with van der Waals surface area (Å²) in [6, 6.07) is 13.7. The lowest BCUT2D eigenvalue weighted by molar-refractivity contribution is 0.189. The fourth-order valence-corrected chi connectivity index (χ4v) is 2.91. The fourth-order valence-electron chi connectivity index (χ4n) is 2.72. The molecule has 1 aliphatic rings. The third-order valence-corrected chi connectivity index (χ3v) is 4.21. The first-order valence-corrected chi connectivity index (χ1v) is 7.60. The van der Waals surface area contributed by atoms with E-state index in [0.29, 0.717) is 0 Å². The summed E-state index contributed by atoms with van der Waals surface area (Å²) in [5, 5.41) is 0.785. The fraction of sp³-hybridized carbons (Fsp3) is 0.294. The number of nitrogens with zero attached hydrogens (tertiary/aromatic N) is 1. The van der Waals surface area contributed by atoms with Gasteiger partial charge in [0.25, 0.3) is 0 Å². The molecule has 0 radical (unpaired) electrons. The maximum atomic E-state index is 6.29. The molecular formula is C17H19ClN2O. The Bertz CT molecular complexity index is 644. The van der Waals surface area contributed by atoms with E-state index in [1.807, 2.05) is 36.4 Å². The number of benzene rings is 2. The van der Waals surface area contributed by atoms with Gasteiger partial charge in [0, 0.05) is 11.6 Å². The molecule has 1 atom stereocenters. The van der Waals surface area contributed by atoms with Crippen LogP contribution >= 0.6 is 11.6 Å². The smallest absolute Gasteiger partial charge is 0.145 e. The summed E-state index contributed by atoms with van der Waals surface area (Å²) < 4.78 is 6.01. The van der Waals surface area contributed by atoms with Crippen molar-refractivity contribution in [3.63, 3.8) is 0 Å². The van der Waals surface area contributed by atoms with Crippen LogP contribution in [0.2, 0.25) is 5.02 Å². The van der Waals surface area contributed by atoms with Gasteiger partial charge >= 0.3 is 0 Å². The van der Waals surface area contributed by atoms with Crippen molar-refractivity contribution in [1.29, 1.82) is 0 Å². The summed E-state index contributed by atoms with van der Waals surface area (Å²) in [5.74, 6) is 0.861. The lowest BCUT2D eigenvalue weighted by atomic mass is 10.1. The van der Waals surface area contributed by atoms with E-state index in [0.717, 1.165) is 47.2 Å². The number of ether oxygens (including phenoxy) is 1. The van der Waals surface area contributed by atoms with Crippen LogP contribution in [-0.4, -0.2) is 12.6 Å². The summed E-state index contributed by atoms with van der Waals surface area (Å²) >= 11 is 6.29. The highest BCUT2D eigenvalue weighted by Crippen LogP contribution is 2.39. The van der Waals surface area contributed by atoms with Gasteiger partial charge in [0.1, 0.15) is 17.5 Å². The number of para-hydroxylation sites is 1. The van der Waals surface area contributed by atoms with Gasteiger partial charge in [0.05, 0.1) is 12.2 Å². The standard InChI is InChI=1S/C17H19ClN2O/c1-2-13-11-20(10-12-6-3-4-7-14(12)18)17-15(19)8-5-9-16(17)21-13/h3-9,13H,2,10-11,19H2,1H3. The number of fused-ring (bicyclic) bond motifs is 1. The summed E-state index contributed by atoms with van der Waals surface area (Å²) in [4.78, 5) is 2.27. The second-order valence-electron chi connectivity index (χ2n) is 5.31. The van der Waals surface area contributed by atoms with Crippen LogP contribution in [0.1, 0.15) is 18.9 Å². The minimum atomic E-state index is 0.182. The number of halogens is 1. The second-order valence-corrected chi connectivity index (χ2v) is 5.72. The molecule has 0 spiro atoms. The van der Waals surface area contributed by atoms with Crippen molar-refractivity contribution in [3.8, 4) is 5.75 Å². The summed E-state index contributed by atoms with van der Waals surface area (Å²) in [5.41, 5.74) is 8.98. The van der Waals surface area contributed by atoms with E-state index >= 15 is 0 Å². The van der Waals surface area contributed by atoms with Crippen molar-refractivity contribution in [2.45, 2.75) is 26.0 Å². The molecule has 4 heteroatoms. The average Bonchev–Trinajstić information content (AvgIpc) is 2.49. The number of hydrogen-bond donors (Lipinski definition) is 1. The van der Waals surface area contributed by atoms with Crippen LogP contribution in [0.4, 0.5) is 11.4 Å². The molecule has 21 heavy (non-hydrogen) atoms. The van der Waals surface area contributed by atoms with Gasteiger partial charge in [0.15, 0.2) is 0 Å². The van der Waals surface area contributed by atoms with Gasteiger partial charge in [-0.3, -0.25) is 0 Å². The predicted octanol–water partition coefficient (Wildman–Crippen LogP) is 4.10. The van der Waals surface area contributed by atoms with Crippen molar-refractivity contribution in [2.75, 3.05) is 17.2 Å². The summed E-state index contributed by atoms with van der Waals surface area (Å²) in [7, 11) is 0. The van der Waals surface area contributed by atoms with E-state index < -0.39 is 0 Å². The number of nitrogens with two attached hydrogens (primary N) is 1. The molecule has 3 nitrogen and oxygen atoms in total. The van der Waals surface area contributed by atoms with Crippen molar-refractivity contribution >= 4 is 23.0 Å². The van der Waals surface area contributed by atoms with Crippen molar-refractivity contribution in [1.82, 2.24) is 0 Å². The Morgan fingerprint density at radius 2 is 2.05 bits per heavy atom. The van der Waals surface area contributed by atoms with Crippen LogP contribution in [0.5, 0.6) is 5.75 Å². The van der Waals surface area contributed by atoms with E-state index in [2.05, 4.69) is 17.9 Å². The van der Waals surface area contributed by atoms with E-state index in [9.17, 15) is 0 Å². The van der Waals surface area contributed by atoms with E-state index in [1.54, 1.807) is 0 Å². The molecule has 0 bridgehead atoms. The van der Waals surface area contributed by atoms with Gasteiger partial charge < -0.3 is 15.4 Å². The normalized spacial score (nSPS) is 17.2. The molecule has 1 aliphatic heterocycles. The highest BCUT2D eigenvalue weighted by Gasteiger charge is 2.26. The Morgan fingerprint density at radius 3 is 2.81 bits per heavy atom. The molecule has 0 aliphatic carbocycles. The van der Waals surface area contributed by atoms with Crippen LogP contribution in [0.15, 0.2) is 42.5 Å². The van der Waals surface area contributed by atoms with E-state index in [4.69, 9.17) is 22.1 Å². The van der Waals surface area contributed by atoms with Gasteiger partial charge in [-0.15, -0.1) is 0 Å². The molecule has 3 rings (SSSR count). The maximum Gasteiger partial charge on any atom is 0.145 e. The van der Waals surface area contributed by atoms with Gasteiger partial charge in [-0.2, -0.15) is 0 Å². The van der Waals surface area contributed by atoms with Crippen molar-refractivity contribution in [3.05, 3.63) is 53.1 Å². The lowest BCUT2D eigenvalue weighted by Crippen LogP contribution is -2.39. The maximum absolute atomic E-state index is 6.29. The zero-order chi connectivity index (χ0) is 14.8. The Kier molecular flexibility index (Phi) is 3.93. The molecule has 0 fully saturated rings. The number of hydrogen-bond acceptors (Lipinski definition) is 3. The molecule has 0 saturated carbocycles. The monoisotopic (exact) mass is 302 g/mol. The summed E-state index contributed by atoms with van der Waals surface area (Å²) in [6.07, 6.45) is 1.15. The van der Waals surface area contributed by atoms with Crippen LogP contribution in [0.25, 0.3) is 0 Å². The highest BCUT2D eigenvalue weighted by molar-refractivity contribution is 6.31. The topological polar surface area (TPSA) is 38.5 Å². The number of nitrogen functional groups attached to an aromatic ring is 1. The second kappa shape index (κ2) is 5.86. The molecule has 0 amide bonds. The first kappa shape index (κ1) is 14.1. The van der Waals surface area contributed by atoms with Crippen molar-refractivity contribution < 1.29 is 4.74 Å². The van der Waals surface area contributed by atoms with Gasteiger partial charge in [-0.1, -0.05) is 42.8 Å². The predicted molar refractivity (Wildman–Crippen MR) is 88.1 cm³/mol. The van der Waals surface area contributed by atoms with Crippen LogP contribution in [0, 0.1) is 0 Å².